The van der Waals surface area contributed by atoms with E-state index in [0.29, 0.717) is 36.7 Å². The van der Waals surface area contributed by atoms with Crippen LogP contribution in [0, 0.1) is 11.8 Å². The Balaban J connectivity index is 2.36. The molecule has 37 heavy (non-hydrogen) atoms. The van der Waals surface area contributed by atoms with Crippen LogP contribution in [-0.2, 0) is 19.1 Å². The van der Waals surface area contributed by atoms with E-state index in [1.165, 1.54) is 0 Å². The van der Waals surface area contributed by atoms with Crippen molar-refractivity contribution in [1.82, 2.24) is 0 Å². The SMILES string of the molecule is CC/C=C/CC1C(=O)CC(O)C1/C=C/C(O)C/C=C/C/C=C/CCC(=O)OC(CC(=O)[O-])C[N+](C)(C)C. The third-order valence-electron chi connectivity index (χ3n) is 6.02. The molecule has 1 aliphatic carbocycles. The van der Waals surface area contributed by atoms with Gasteiger partial charge in [0.2, 0.25) is 0 Å². The van der Waals surface area contributed by atoms with Crippen LogP contribution >= 0.6 is 0 Å². The number of quaternary nitrogens is 1. The van der Waals surface area contributed by atoms with Gasteiger partial charge in [0.05, 0.1) is 33.4 Å². The normalized spacial score (nSPS) is 22.5. The summed E-state index contributed by atoms with van der Waals surface area (Å²) in [5.74, 6) is -2.12. The van der Waals surface area contributed by atoms with Crippen molar-refractivity contribution in [3.63, 3.8) is 0 Å². The predicted molar refractivity (Wildman–Crippen MR) is 141 cm³/mol. The van der Waals surface area contributed by atoms with E-state index in [-0.39, 0.29) is 36.9 Å². The largest absolute Gasteiger partial charge is 0.550 e. The van der Waals surface area contributed by atoms with Gasteiger partial charge in [0, 0.05) is 37.1 Å². The van der Waals surface area contributed by atoms with Gasteiger partial charge in [-0.15, -0.1) is 0 Å². The Morgan fingerprint density at radius 3 is 2.49 bits per heavy atom. The topological polar surface area (TPSA) is 124 Å². The lowest BCUT2D eigenvalue weighted by molar-refractivity contribution is -0.873. The van der Waals surface area contributed by atoms with E-state index in [1.54, 1.807) is 12.2 Å². The second-order valence-electron chi connectivity index (χ2n) is 10.6. The summed E-state index contributed by atoms with van der Waals surface area (Å²) in [6.07, 6.45) is 15.9. The van der Waals surface area contributed by atoms with Crippen LogP contribution in [-0.4, -0.2) is 78.4 Å². The maximum absolute atomic E-state index is 12.2. The lowest BCUT2D eigenvalue weighted by atomic mass is 9.90. The van der Waals surface area contributed by atoms with Gasteiger partial charge in [-0.25, -0.2) is 0 Å². The van der Waals surface area contributed by atoms with Gasteiger partial charge in [-0.3, -0.25) is 9.59 Å². The van der Waals surface area contributed by atoms with E-state index >= 15 is 0 Å². The van der Waals surface area contributed by atoms with Crippen molar-refractivity contribution in [2.75, 3.05) is 27.7 Å². The molecule has 2 N–H and O–H groups in total. The second-order valence-corrected chi connectivity index (χ2v) is 10.6. The smallest absolute Gasteiger partial charge is 0.306 e. The molecule has 0 aromatic carbocycles. The highest BCUT2D eigenvalue weighted by atomic mass is 16.5. The zero-order valence-corrected chi connectivity index (χ0v) is 22.8. The van der Waals surface area contributed by atoms with E-state index < -0.39 is 30.3 Å². The van der Waals surface area contributed by atoms with Crippen LogP contribution in [0.3, 0.4) is 0 Å². The minimum Gasteiger partial charge on any atom is -0.550 e. The number of hydrogen-bond donors (Lipinski definition) is 2. The Morgan fingerprint density at radius 1 is 1.14 bits per heavy atom. The minimum atomic E-state index is -1.24. The molecule has 1 aliphatic rings. The molecule has 0 bridgehead atoms. The van der Waals surface area contributed by atoms with E-state index in [9.17, 15) is 29.7 Å². The molecule has 208 valence electrons. The lowest BCUT2D eigenvalue weighted by Crippen LogP contribution is -2.45. The number of esters is 1. The van der Waals surface area contributed by atoms with Gasteiger partial charge in [0.25, 0.3) is 0 Å². The molecule has 0 amide bonds. The van der Waals surface area contributed by atoms with Gasteiger partial charge in [-0.2, -0.15) is 0 Å². The Kier molecular flexibility index (Phi) is 15.0. The molecule has 8 heteroatoms. The van der Waals surface area contributed by atoms with Crippen LogP contribution in [0.25, 0.3) is 0 Å². The summed E-state index contributed by atoms with van der Waals surface area (Å²) in [4.78, 5) is 35.1. The molecule has 5 atom stereocenters. The first kappa shape index (κ1) is 32.5. The summed E-state index contributed by atoms with van der Waals surface area (Å²) in [6.45, 7) is 2.42. The average molecular weight is 520 g/mol. The first-order valence-electron chi connectivity index (χ1n) is 13.1. The molecular weight excluding hydrogens is 474 g/mol. The van der Waals surface area contributed by atoms with Gasteiger partial charge >= 0.3 is 5.97 Å². The van der Waals surface area contributed by atoms with Gasteiger partial charge in [0.1, 0.15) is 12.3 Å². The van der Waals surface area contributed by atoms with Crippen LogP contribution in [0.2, 0.25) is 0 Å². The summed E-state index contributed by atoms with van der Waals surface area (Å²) in [5, 5.41) is 31.4. The fraction of sp³-hybridized carbons (Fsp3) is 0.621. The van der Waals surface area contributed by atoms with Crippen molar-refractivity contribution in [3.05, 3.63) is 48.6 Å². The number of carbonyl (C=O) groups is 3. The summed E-state index contributed by atoms with van der Waals surface area (Å²) in [7, 11) is 5.69. The predicted octanol–water partition coefficient (Wildman–Crippen LogP) is 2.26. The molecule has 0 spiro atoms. The van der Waals surface area contributed by atoms with Crippen LogP contribution < -0.4 is 5.11 Å². The number of aliphatic hydroxyl groups excluding tert-OH is 2. The summed E-state index contributed by atoms with van der Waals surface area (Å²) < 4.78 is 5.79. The highest BCUT2D eigenvalue weighted by Gasteiger charge is 2.39. The second kappa shape index (κ2) is 17.1. The molecule has 0 heterocycles. The quantitative estimate of drug-likeness (QED) is 0.172. The number of ether oxygens (including phenoxy) is 1. The van der Waals surface area contributed by atoms with Gasteiger partial charge in [-0.05, 0) is 32.1 Å². The monoisotopic (exact) mass is 519 g/mol. The van der Waals surface area contributed by atoms with Crippen molar-refractivity contribution in [1.29, 1.82) is 0 Å². The highest BCUT2D eigenvalue weighted by Crippen LogP contribution is 2.33. The maximum Gasteiger partial charge on any atom is 0.306 e. The number of likely N-dealkylation sites (N-methyl/N-ethyl adjacent to an activating group) is 1. The Labute approximate surface area is 221 Å². The van der Waals surface area contributed by atoms with Crippen LogP contribution in [0.4, 0.5) is 0 Å². The van der Waals surface area contributed by atoms with E-state index in [4.69, 9.17) is 4.74 Å². The van der Waals surface area contributed by atoms with E-state index in [1.807, 2.05) is 64.5 Å². The number of aliphatic carboxylic acids is 1. The Morgan fingerprint density at radius 2 is 1.84 bits per heavy atom. The van der Waals surface area contributed by atoms with E-state index in [0.717, 1.165) is 6.42 Å². The number of nitrogens with zero attached hydrogens (tertiary/aromatic N) is 1. The van der Waals surface area contributed by atoms with Crippen molar-refractivity contribution < 1.29 is 38.9 Å². The van der Waals surface area contributed by atoms with Crippen LogP contribution in [0.5, 0.6) is 0 Å². The minimum absolute atomic E-state index is 0.0684. The fourth-order valence-electron chi connectivity index (χ4n) is 4.28. The van der Waals surface area contributed by atoms with Gasteiger partial charge in [0.15, 0.2) is 6.10 Å². The van der Waals surface area contributed by atoms with Crippen molar-refractivity contribution >= 4 is 17.7 Å². The number of hydrogen-bond acceptors (Lipinski definition) is 7. The molecule has 1 rings (SSSR count). The first-order chi connectivity index (χ1) is 17.4. The molecule has 0 radical (unpaired) electrons. The molecule has 8 nitrogen and oxygen atoms in total. The number of allylic oxidation sites excluding steroid dienone is 5. The molecular formula is C29H45NO7. The summed E-state index contributed by atoms with van der Waals surface area (Å²) in [5.41, 5.74) is 0. The fourth-order valence-corrected chi connectivity index (χ4v) is 4.28. The number of rotatable bonds is 17. The summed E-state index contributed by atoms with van der Waals surface area (Å²) >= 11 is 0. The number of carbonyl (C=O) groups excluding carboxylic acids is 3. The number of ketones is 1. The molecule has 0 aromatic rings. The standard InChI is InChI=1S/C29H45NO7/c1-5-6-11-15-24-25(27(33)20-26(24)32)18-17-22(31)14-12-9-7-8-10-13-16-29(36)37-23(19-28(34)35)21-30(2,3)4/h6,8-12,17-18,22-25,27,31,33H,5,7,13-16,19-21H2,1-4H3/b10-8+,11-6+,12-9+,18-17+. The Hall–Kier alpha value is -2.55. The lowest BCUT2D eigenvalue weighted by Gasteiger charge is -2.29. The number of carboxylic acid groups (broad SMARTS) is 1. The molecule has 1 saturated carbocycles. The van der Waals surface area contributed by atoms with Gasteiger partial charge in [-0.1, -0.05) is 55.5 Å². The number of carboxylic acids is 1. The molecule has 0 saturated heterocycles. The first-order valence-corrected chi connectivity index (χ1v) is 13.1. The maximum atomic E-state index is 12.2. The van der Waals surface area contributed by atoms with E-state index in [2.05, 4.69) is 0 Å². The number of aliphatic hydroxyl groups is 2. The molecule has 0 aromatic heterocycles. The van der Waals surface area contributed by atoms with Crippen molar-refractivity contribution in [3.8, 4) is 0 Å². The molecule has 5 unspecified atom stereocenters. The zero-order chi connectivity index (χ0) is 27.8. The van der Waals surface area contributed by atoms with Gasteiger partial charge < -0.3 is 29.3 Å². The van der Waals surface area contributed by atoms with Crippen molar-refractivity contribution in [2.24, 2.45) is 11.8 Å². The van der Waals surface area contributed by atoms with Crippen LogP contribution in [0.15, 0.2) is 48.6 Å². The van der Waals surface area contributed by atoms with Crippen LogP contribution in [0.1, 0.15) is 58.3 Å². The zero-order valence-electron chi connectivity index (χ0n) is 22.8. The number of Topliss-reactive ketones (excluding diaryl/α,β-unsaturated/α-hetero) is 1. The average Bonchev–Trinajstić information content (AvgIpc) is 3.04. The Bertz CT molecular complexity index is 838. The molecule has 0 aliphatic heterocycles. The van der Waals surface area contributed by atoms with Crippen molar-refractivity contribution in [2.45, 2.75) is 76.6 Å². The highest BCUT2D eigenvalue weighted by molar-refractivity contribution is 5.84. The third-order valence-corrected chi connectivity index (χ3v) is 6.02. The third kappa shape index (κ3) is 14.7. The summed E-state index contributed by atoms with van der Waals surface area (Å²) in [6, 6.07) is 0. The molecule has 1 fully saturated rings.